The Hall–Kier alpha value is -3.16. The van der Waals surface area contributed by atoms with Crippen LogP contribution in [-0.4, -0.2) is 37.5 Å². The molecule has 1 aliphatic heterocycles. The van der Waals surface area contributed by atoms with Crippen molar-refractivity contribution in [1.29, 1.82) is 0 Å². The molecule has 8 heteroatoms. The van der Waals surface area contributed by atoms with E-state index < -0.39 is 5.82 Å². The number of nitrogens with zero attached hydrogens (tertiary/aromatic N) is 5. The van der Waals surface area contributed by atoms with Gasteiger partial charge in [-0.25, -0.2) is 9.37 Å². The van der Waals surface area contributed by atoms with Gasteiger partial charge in [-0.1, -0.05) is 12.1 Å². The Morgan fingerprint density at radius 3 is 2.81 bits per heavy atom. The Morgan fingerprint density at radius 1 is 1.19 bits per heavy atom. The topological polar surface area (TPSA) is 85.0 Å². The highest BCUT2D eigenvalue weighted by Gasteiger charge is 2.33. The highest BCUT2D eigenvalue weighted by molar-refractivity contribution is 5.94. The van der Waals surface area contributed by atoms with Crippen molar-refractivity contribution >= 4 is 5.91 Å². The second-order valence-electron chi connectivity index (χ2n) is 6.48. The molecule has 0 aliphatic carbocycles. The Balaban J connectivity index is 1.62. The third kappa shape index (κ3) is 3.42. The molecular weight excluding hydrogens is 349 g/mol. The largest absolute Gasteiger partial charge is 0.417 e. The number of carbonyl (C=O) groups is 1. The number of benzene rings is 1. The summed E-state index contributed by atoms with van der Waals surface area (Å²) in [6.07, 6.45) is 5.64. The Bertz CT molecular complexity index is 957. The molecule has 1 unspecified atom stereocenters. The predicted molar refractivity (Wildman–Crippen MR) is 94.1 cm³/mol. The van der Waals surface area contributed by atoms with Crippen molar-refractivity contribution in [1.82, 2.24) is 25.1 Å². The van der Waals surface area contributed by atoms with E-state index in [1.165, 1.54) is 12.1 Å². The number of carbonyl (C=O) groups excluding carboxylic acids is 1. The molecule has 1 saturated heterocycles. The van der Waals surface area contributed by atoms with Crippen molar-refractivity contribution in [3.63, 3.8) is 0 Å². The molecule has 0 N–H and O–H groups in total. The van der Waals surface area contributed by atoms with Gasteiger partial charge in [-0.3, -0.25) is 9.78 Å². The van der Waals surface area contributed by atoms with Gasteiger partial charge in [-0.05, 0) is 38.3 Å². The summed E-state index contributed by atoms with van der Waals surface area (Å²) in [5.41, 5.74) is 1.31. The first-order valence-electron chi connectivity index (χ1n) is 8.81. The Morgan fingerprint density at radius 2 is 2.04 bits per heavy atom. The van der Waals surface area contributed by atoms with E-state index in [0.717, 1.165) is 18.5 Å². The van der Waals surface area contributed by atoms with Gasteiger partial charge in [0.15, 0.2) is 0 Å². The van der Waals surface area contributed by atoms with Crippen LogP contribution in [0.2, 0.25) is 0 Å². The van der Waals surface area contributed by atoms with Crippen LogP contribution in [0.5, 0.6) is 0 Å². The normalized spacial score (nSPS) is 17.1. The second-order valence-corrected chi connectivity index (χ2v) is 6.48. The van der Waals surface area contributed by atoms with Crippen molar-refractivity contribution in [3.8, 4) is 11.6 Å². The highest BCUT2D eigenvalue weighted by atomic mass is 19.1. The van der Waals surface area contributed by atoms with E-state index in [2.05, 4.69) is 20.2 Å². The first-order valence-corrected chi connectivity index (χ1v) is 8.81. The van der Waals surface area contributed by atoms with E-state index in [0.29, 0.717) is 24.6 Å². The van der Waals surface area contributed by atoms with Gasteiger partial charge in [0, 0.05) is 12.7 Å². The van der Waals surface area contributed by atoms with Crippen LogP contribution in [0.4, 0.5) is 4.39 Å². The number of aryl methyl sites for hydroxylation is 1. The summed E-state index contributed by atoms with van der Waals surface area (Å²) in [7, 11) is 0. The Labute approximate surface area is 155 Å². The lowest BCUT2D eigenvalue weighted by Gasteiger charge is -2.33. The molecule has 0 saturated carbocycles. The lowest BCUT2D eigenvalue weighted by Crippen LogP contribution is -2.39. The molecule has 2 aromatic heterocycles. The van der Waals surface area contributed by atoms with E-state index in [1.54, 1.807) is 29.4 Å². The molecule has 4 rings (SSSR count). The van der Waals surface area contributed by atoms with E-state index in [-0.39, 0.29) is 23.4 Å². The summed E-state index contributed by atoms with van der Waals surface area (Å²) < 4.78 is 19.9. The van der Waals surface area contributed by atoms with Gasteiger partial charge in [-0.2, -0.15) is 0 Å². The van der Waals surface area contributed by atoms with Gasteiger partial charge in [-0.15, -0.1) is 10.2 Å². The molecule has 1 aliphatic rings. The van der Waals surface area contributed by atoms with Gasteiger partial charge in [0.05, 0.1) is 17.5 Å². The average Bonchev–Trinajstić information content (AvgIpc) is 3.18. The minimum atomic E-state index is -0.534. The van der Waals surface area contributed by atoms with E-state index in [4.69, 9.17) is 4.42 Å². The lowest BCUT2D eigenvalue weighted by molar-refractivity contribution is 0.0567. The van der Waals surface area contributed by atoms with Crippen molar-refractivity contribution in [2.45, 2.75) is 32.2 Å². The molecule has 27 heavy (non-hydrogen) atoms. The average molecular weight is 367 g/mol. The number of halogens is 1. The molecule has 138 valence electrons. The fourth-order valence-corrected chi connectivity index (χ4v) is 3.20. The first kappa shape index (κ1) is 17.3. The fraction of sp³-hybridized carbons (Fsp3) is 0.316. The monoisotopic (exact) mass is 367 g/mol. The zero-order chi connectivity index (χ0) is 18.8. The Kier molecular flexibility index (Phi) is 4.62. The quantitative estimate of drug-likeness (QED) is 0.706. The zero-order valence-corrected chi connectivity index (χ0v) is 14.8. The molecular formula is C19H18FN5O2. The number of likely N-dealkylation sites (tertiary alicyclic amines) is 1. The molecule has 1 aromatic carbocycles. The van der Waals surface area contributed by atoms with Gasteiger partial charge < -0.3 is 9.32 Å². The summed E-state index contributed by atoms with van der Waals surface area (Å²) >= 11 is 0. The maximum atomic E-state index is 14.1. The molecule has 1 atom stereocenters. The van der Waals surface area contributed by atoms with Crippen LogP contribution >= 0.6 is 0 Å². The zero-order valence-electron chi connectivity index (χ0n) is 14.8. The summed E-state index contributed by atoms with van der Waals surface area (Å²) in [6, 6.07) is 5.60. The lowest BCUT2D eigenvalue weighted by atomic mass is 10.0. The molecule has 0 bridgehead atoms. The number of piperidine rings is 1. The van der Waals surface area contributed by atoms with Crippen molar-refractivity contribution in [2.24, 2.45) is 0 Å². The van der Waals surface area contributed by atoms with Crippen LogP contribution in [0.15, 0.2) is 41.1 Å². The number of rotatable bonds is 3. The van der Waals surface area contributed by atoms with Crippen LogP contribution in [-0.2, 0) is 0 Å². The van der Waals surface area contributed by atoms with Crippen molar-refractivity contribution in [3.05, 3.63) is 59.6 Å². The fourth-order valence-electron chi connectivity index (χ4n) is 3.20. The maximum Gasteiger partial charge on any atom is 0.267 e. The highest BCUT2D eigenvalue weighted by Crippen LogP contribution is 2.32. The summed E-state index contributed by atoms with van der Waals surface area (Å²) in [5, 5.41) is 8.16. The molecule has 3 aromatic rings. The van der Waals surface area contributed by atoms with Crippen LogP contribution in [0, 0.1) is 12.7 Å². The maximum absolute atomic E-state index is 14.1. The number of hydrogen-bond donors (Lipinski definition) is 0. The number of aromatic nitrogens is 4. The molecule has 3 heterocycles. The smallest absolute Gasteiger partial charge is 0.267 e. The molecule has 1 amide bonds. The van der Waals surface area contributed by atoms with Gasteiger partial charge in [0.25, 0.3) is 11.8 Å². The van der Waals surface area contributed by atoms with Crippen LogP contribution in [0.1, 0.15) is 47.2 Å². The molecule has 7 nitrogen and oxygen atoms in total. The predicted octanol–water partition coefficient (Wildman–Crippen LogP) is 3.34. The number of amides is 1. The summed E-state index contributed by atoms with van der Waals surface area (Å²) in [4.78, 5) is 22.9. The third-order valence-electron chi connectivity index (χ3n) is 4.59. The van der Waals surface area contributed by atoms with Crippen molar-refractivity contribution in [2.75, 3.05) is 6.54 Å². The molecule has 1 fully saturated rings. The standard InChI is InChI=1S/C19H18FN5O2/c1-12-10-22-15(11-21-12)17-23-24-18(27-17)16-8-4-5-9-25(16)19(26)13-6-2-3-7-14(13)20/h2-3,6-7,10-11,16H,4-5,8-9H2,1H3. The van der Waals surface area contributed by atoms with E-state index in [9.17, 15) is 9.18 Å². The third-order valence-corrected chi connectivity index (χ3v) is 4.59. The molecule has 0 radical (unpaired) electrons. The SMILES string of the molecule is Cc1cnc(-c2nnc(C3CCCCN3C(=O)c3ccccc3F)o2)cn1. The summed E-state index contributed by atoms with van der Waals surface area (Å²) in [5.74, 6) is -0.321. The van der Waals surface area contributed by atoms with Gasteiger partial charge in [0.2, 0.25) is 5.89 Å². The van der Waals surface area contributed by atoms with E-state index in [1.807, 2.05) is 6.92 Å². The van der Waals surface area contributed by atoms with E-state index >= 15 is 0 Å². The summed E-state index contributed by atoms with van der Waals surface area (Å²) in [6.45, 7) is 2.35. The molecule has 0 spiro atoms. The van der Waals surface area contributed by atoms with Crippen LogP contribution in [0.25, 0.3) is 11.6 Å². The van der Waals surface area contributed by atoms with Gasteiger partial charge in [0.1, 0.15) is 17.6 Å². The van der Waals surface area contributed by atoms with Crippen molar-refractivity contribution < 1.29 is 13.6 Å². The second kappa shape index (κ2) is 7.22. The minimum absolute atomic E-state index is 0.0496. The minimum Gasteiger partial charge on any atom is -0.417 e. The van der Waals surface area contributed by atoms with Crippen LogP contribution in [0.3, 0.4) is 0 Å². The number of hydrogen-bond acceptors (Lipinski definition) is 6. The van der Waals surface area contributed by atoms with Crippen LogP contribution < -0.4 is 0 Å². The van der Waals surface area contributed by atoms with Gasteiger partial charge >= 0.3 is 0 Å². The first-order chi connectivity index (χ1) is 13.1.